The number of Topliss-reactive ketones (excluding diaryl/α,β-unsaturated/α-hetero) is 2. The second-order valence-electron chi connectivity index (χ2n) is 5.71. The smallest absolute Gasteiger partial charge is 0.234 e. The molecule has 0 bridgehead atoms. The summed E-state index contributed by atoms with van der Waals surface area (Å²) in [6.07, 6.45) is 0.644. The first-order valence-corrected chi connectivity index (χ1v) is 7.60. The molecule has 0 atom stereocenters. The van der Waals surface area contributed by atoms with Crippen LogP contribution in [0, 0.1) is 0 Å². The van der Waals surface area contributed by atoms with E-state index in [9.17, 15) is 9.59 Å². The molecule has 23 heavy (non-hydrogen) atoms. The molecule has 3 aromatic carbocycles. The van der Waals surface area contributed by atoms with E-state index in [1.54, 1.807) is 12.1 Å². The lowest BCUT2D eigenvalue weighted by Gasteiger charge is -2.20. The van der Waals surface area contributed by atoms with Crippen molar-refractivity contribution >= 4 is 11.6 Å². The SMILES string of the molecule is O=C1C(=O)c2c(Cc3ccccc3)cccc2-c2ccccc21. The Bertz CT molecular complexity index is 924. The average Bonchev–Trinajstić information content (AvgIpc) is 2.60. The van der Waals surface area contributed by atoms with E-state index in [0.717, 1.165) is 22.3 Å². The highest BCUT2D eigenvalue weighted by Gasteiger charge is 2.31. The number of rotatable bonds is 2. The van der Waals surface area contributed by atoms with Crippen LogP contribution in [0.1, 0.15) is 31.8 Å². The standard InChI is InChI=1S/C21H14O2/c22-20-18-11-5-4-10-16(18)17-12-6-9-15(19(17)21(20)23)13-14-7-2-1-3-8-14/h1-12H,13H2. The van der Waals surface area contributed by atoms with Gasteiger partial charge in [-0.05, 0) is 28.7 Å². The molecule has 0 fully saturated rings. The van der Waals surface area contributed by atoms with Gasteiger partial charge in [0, 0.05) is 11.1 Å². The summed E-state index contributed by atoms with van der Waals surface area (Å²) in [5, 5.41) is 0. The lowest BCUT2D eigenvalue weighted by molar-refractivity contribution is 0.0815. The van der Waals surface area contributed by atoms with Crippen molar-refractivity contribution in [2.24, 2.45) is 0 Å². The van der Waals surface area contributed by atoms with Gasteiger partial charge in [0.25, 0.3) is 0 Å². The summed E-state index contributed by atoms with van der Waals surface area (Å²) >= 11 is 0. The van der Waals surface area contributed by atoms with Gasteiger partial charge in [0.05, 0.1) is 0 Å². The molecule has 0 unspecified atom stereocenters. The number of carbonyl (C=O) groups excluding carboxylic acids is 2. The second-order valence-corrected chi connectivity index (χ2v) is 5.71. The molecule has 0 amide bonds. The monoisotopic (exact) mass is 298 g/mol. The minimum Gasteiger partial charge on any atom is -0.285 e. The Morgan fingerprint density at radius 2 is 1.22 bits per heavy atom. The van der Waals surface area contributed by atoms with Gasteiger partial charge in [-0.25, -0.2) is 0 Å². The van der Waals surface area contributed by atoms with E-state index in [4.69, 9.17) is 0 Å². The van der Waals surface area contributed by atoms with Gasteiger partial charge in [0.1, 0.15) is 0 Å². The van der Waals surface area contributed by atoms with Crippen molar-refractivity contribution in [3.05, 3.63) is 95.1 Å². The number of carbonyl (C=O) groups is 2. The molecule has 0 saturated heterocycles. The zero-order chi connectivity index (χ0) is 15.8. The maximum Gasteiger partial charge on any atom is 0.234 e. The predicted molar refractivity (Wildman–Crippen MR) is 89.8 cm³/mol. The molecule has 0 N–H and O–H groups in total. The first-order valence-electron chi connectivity index (χ1n) is 7.60. The van der Waals surface area contributed by atoms with E-state index in [1.165, 1.54) is 0 Å². The molecule has 4 rings (SSSR count). The summed E-state index contributed by atoms with van der Waals surface area (Å²) in [4.78, 5) is 25.1. The summed E-state index contributed by atoms with van der Waals surface area (Å²) < 4.78 is 0. The van der Waals surface area contributed by atoms with Crippen molar-refractivity contribution in [1.29, 1.82) is 0 Å². The summed E-state index contributed by atoms with van der Waals surface area (Å²) in [5.41, 5.74) is 4.80. The van der Waals surface area contributed by atoms with Gasteiger partial charge >= 0.3 is 0 Å². The molecular formula is C21H14O2. The lowest BCUT2D eigenvalue weighted by Crippen LogP contribution is -2.22. The second kappa shape index (κ2) is 5.33. The van der Waals surface area contributed by atoms with E-state index in [1.807, 2.05) is 60.7 Å². The van der Waals surface area contributed by atoms with Crippen LogP contribution in [0.15, 0.2) is 72.8 Å². The molecule has 0 aromatic heterocycles. The van der Waals surface area contributed by atoms with Crippen LogP contribution < -0.4 is 0 Å². The first-order chi connectivity index (χ1) is 11.3. The van der Waals surface area contributed by atoms with Crippen LogP contribution >= 0.6 is 0 Å². The third-order valence-electron chi connectivity index (χ3n) is 4.28. The number of fused-ring (bicyclic) bond motifs is 3. The molecule has 0 heterocycles. The Balaban J connectivity index is 1.91. The highest BCUT2D eigenvalue weighted by molar-refractivity contribution is 6.53. The van der Waals surface area contributed by atoms with Crippen molar-refractivity contribution in [1.82, 2.24) is 0 Å². The molecule has 1 aliphatic carbocycles. The molecule has 3 aromatic rings. The number of ketones is 2. The first kappa shape index (κ1) is 13.6. The van der Waals surface area contributed by atoms with Crippen LogP contribution in [-0.4, -0.2) is 11.6 Å². The quantitative estimate of drug-likeness (QED) is 0.660. The topological polar surface area (TPSA) is 34.1 Å². The molecular weight excluding hydrogens is 284 g/mol. The fourth-order valence-electron chi connectivity index (χ4n) is 3.21. The maximum atomic E-state index is 12.6. The minimum absolute atomic E-state index is 0.398. The van der Waals surface area contributed by atoms with E-state index in [0.29, 0.717) is 17.5 Å². The van der Waals surface area contributed by atoms with Gasteiger partial charge in [0.2, 0.25) is 11.6 Å². The van der Waals surface area contributed by atoms with Gasteiger partial charge < -0.3 is 0 Å². The predicted octanol–water partition coefficient (Wildman–Crippen LogP) is 4.32. The van der Waals surface area contributed by atoms with Crippen molar-refractivity contribution in [2.75, 3.05) is 0 Å². The molecule has 1 aliphatic rings. The van der Waals surface area contributed by atoms with Gasteiger partial charge in [-0.3, -0.25) is 9.59 Å². The molecule has 0 radical (unpaired) electrons. The summed E-state index contributed by atoms with van der Waals surface area (Å²) in [6, 6.07) is 23.1. The minimum atomic E-state index is -0.409. The molecule has 2 nitrogen and oxygen atoms in total. The molecule has 0 spiro atoms. The largest absolute Gasteiger partial charge is 0.285 e. The van der Waals surface area contributed by atoms with Gasteiger partial charge in [-0.2, -0.15) is 0 Å². The Morgan fingerprint density at radius 3 is 2.00 bits per heavy atom. The van der Waals surface area contributed by atoms with Crippen molar-refractivity contribution in [3.63, 3.8) is 0 Å². The van der Waals surface area contributed by atoms with E-state index < -0.39 is 11.6 Å². The highest BCUT2D eigenvalue weighted by Crippen LogP contribution is 2.35. The fraction of sp³-hybridized carbons (Fsp3) is 0.0476. The van der Waals surface area contributed by atoms with Gasteiger partial charge in [-0.1, -0.05) is 72.8 Å². The molecule has 110 valence electrons. The third-order valence-corrected chi connectivity index (χ3v) is 4.28. The molecule has 2 heteroatoms. The van der Waals surface area contributed by atoms with Gasteiger partial charge in [0.15, 0.2) is 0 Å². The number of hydrogen-bond donors (Lipinski definition) is 0. The highest BCUT2D eigenvalue weighted by atomic mass is 16.2. The van der Waals surface area contributed by atoms with E-state index >= 15 is 0 Å². The third kappa shape index (κ3) is 2.20. The number of benzene rings is 3. The van der Waals surface area contributed by atoms with E-state index in [-0.39, 0.29) is 0 Å². The van der Waals surface area contributed by atoms with Crippen molar-refractivity contribution in [2.45, 2.75) is 6.42 Å². The Labute approximate surface area is 134 Å². The van der Waals surface area contributed by atoms with Crippen LogP contribution in [0.3, 0.4) is 0 Å². The summed E-state index contributed by atoms with van der Waals surface area (Å²) in [7, 11) is 0. The average molecular weight is 298 g/mol. The number of hydrogen-bond acceptors (Lipinski definition) is 2. The summed E-state index contributed by atoms with van der Waals surface area (Å²) in [5.74, 6) is -0.807. The van der Waals surface area contributed by atoms with Crippen LogP contribution in [0.4, 0.5) is 0 Å². The van der Waals surface area contributed by atoms with Crippen LogP contribution in [0.2, 0.25) is 0 Å². The Morgan fingerprint density at radius 1 is 0.565 bits per heavy atom. The zero-order valence-electron chi connectivity index (χ0n) is 12.5. The summed E-state index contributed by atoms with van der Waals surface area (Å²) in [6.45, 7) is 0. The fourth-order valence-corrected chi connectivity index (χ4v) is 3.21. The Kier molecular flexibility index (Phi) is 3.16. The van der Waals surface area contributed by atoms with Crippen LogP contribution in [0.5, 0.6) is 0 Å². The lowest BCUT2D eigenvalue weighted by atomic mass is 9.80. The molecule has 0 aliphatic heterocycles. The zero-order valence-corrected chi connectivity index (χ0v) is 12.5. The van der Waals surface area contributed by atoms with E-state index in [2.05, 4.69) is 0 Å². The van der Waals surface area contributed by atoms with Crippen molar-refractivity contribution < 1.29 is 9.59 Å². The van der Waals surface area contributed by atoms with Crippen LogP contribution in [-0.2, 0) is 6.42 Å². The normalized spacial score (nSPS) is 12.7. The Hall–Kier alpha value is -3.00. The van der Waals surface area contributed by atoms with Crippen LogP contribution in [0.25, 0.3) is 11.1 Å². The van der Waals surface area contributed by atoms with Crippen molar-refractivity contribution in [3.8, 4) is 11.1 Å². The van der Waals surface area contributed by atoms with Gasteiger partial charge in [-0.15, -0.1) is 0 Å². The molecule has 0 saturated carbocycles. The maximum absolute atomic E-state index is 12.6.